The molecule has 1 aromatic heterocycles. The molecule has 3 atom stereocenters. The molecule has 18 heteroatoms. The quantitative estimate of drug-likeness (QED) is 0.125. The van der Waals surface area contributed by atoms with Gasteiger partial charge in [0.05, 0.1) is 29.5 Å². The van der Waals surface area contributed by atoms with Crippen LogP contribution in [0.2, 0.25) is 5.02 Å². The number of imide groups is 2. The Bertz CT molecular complexity index is 2370. The van der Waals surface area contributed by atoms with E-state index < -0.39 is 42.2 Å². The number of aromatic nitrogens is 2. The minimum atomic E-state index is -0.993. The zero-order valence-electron chi connectivity index (χ0n) is 35.8. The van der Waals surface area contributed by atoms with Crippen molar-refractivity contribution in [1.82, 2.24) is 25.1 Å². The van der Waals surface area contributed by atoms with Crippen LogP contribution in [0.4, 0.5) is 23.1 Å². The first-order chi connectivity index (χ1) is 30.1. The van der Waals surface area contributed by atoms with Crippen LogP contribution in [0.15, 0.2) is 48.4 Å². The normalized spacial score (nSPS) is 24.6. The second-order valence-electron chi connectivity index (χ2n) is 17.2. The zero-order chi connectivity index (χ0) is 44.7. The van der Waals surface area contributed by atoms with Crippen LogP contribution in [0.25, 0.3) is 6.08 Å². The summed E-state index contributed by atoms with van der Waals surface area (Å²) in [7, 11) is 0. The third kappa shape index (κ3) is 9.26. The number of fused-ring (bicyclic) bond motifs is 1. The number of nitrogens with one attached hydrogen (secondary N) is 2. The summed E-state index contributed by atoms with van der Waals surface area (Å²) in [5.41, 5.74) is 8.92. The van der Waals surface area contributed by atoms with Crippen molar-refractivity contribution in [3.8, 4) is 0 Å². The Balaban J connectivity index is 0.815. The maximum Gasteiger partial charge on any atom is 0.262 e. The second-order valence-corrected chi connectivity index (χ2v) is 17.6. The molecule has 5 heterocycles. The Morgan fingerprint density at radius 3 is 2.35 bits per heavy atom. The molecule has 17 nitrogen and oxygen atoms in total. The van der Waals surface area contributed by atoms with E-state index in [0.29, 0.717) is 34.1 Å². The SMILES string of the molecule is CC(=O)/C(=C\c1cc(Nc2nc(N3CCC(OC4CC(N5[C@H](C)CN(c6ccc7c(c6)C(=O)N(C6CCC(=O)NC6=O)C7=O)C[C@@H]5C)C4)CC3)ncc2Cl)ccc1C)OCC(N)=O. The van der Waals surface area contributed by atoms with Crippen molar-refractivity contribution in [2.45, 2.75) is 103 Å². The molecule has 63 heavy (non-hydrogen) atoms. The van der Waals surface area contributed by atoms with Crippen LogP contribution in [-0.4, -0.2) is 124 Å². The molecular formula is C45H52ClN9O8. The van der Waals surface area contributed by atoms with Gasteiger partial charge in [-0.05, 0) is 100 Å². The third-order valence-electron chi connectivity index (χ3n) is 12.7. The Hall–Kier alpha value is -5.91. The zero-order valence-corrected chi connectivity index (χ0v) is 36.5. The number of ketones is 1. The van der Waals surface area contributed by atoms with Crippen LogP contribution in [-0.2, 0) is 28.7 Å². The highest BCUT2D eigenvalue weighted by atomic mass is 35.5. The molecule has 5 amide bonds. The molecule has 0 bridgehead atoms. The lowest BCUT2D eigenvalue weighted by molar-refractivity contribution is -0.136. The standard InChI is InChI=1S/C45H52ClN9O8/c1-24-5-6-29(15-28(24)16-38(27(4)56)62-23-39(47)57)49-41-36(46)20-48-45(51-41)52-13-11-32(12-14-52)63-33-17-31(18-33)54-25(2)21-53(22-26(54)3)30-7-8-34-35(19-30)44(61)55(43(34)60)37-9-10-40(58)50-42(37)59/h5-8,15-16,19-20,25-26,31-33,37H,9-14,17-18,21-23H2,1-4H3,(H2,47,57)(H,48,49,51)(H,50,58,59)/b38-16+/t25-,26+,31?,33?,37?. The van der Waals surface area contributed by atoms with Gasteiger partial charge in [0.25, 0.3) is 17.7 Å². The van der Waals surface area contributed by atoms with E-state index in [2.05, 4.69) is 44.2 Å². The van der Waals surface area contributed by atoms with Crippen molar-refractivity contribution in [2.75, 3.05) is 47.9 Å². The molecule has 0 spiro atoms. The van der Waals surface area contributed by atoms with E-state index >= 15 is 0 Å². The maximum atomic E-state index is 13.5. The van der Waals surface area contributed by atoms with Crippen LogP contribution in [0.3, 0.4) is 0 Å². The topological polar surface area (TPSA) is 210 Å². The van der Waals surface area contributed by atoms with E-state index in [9.17, 15) is 28.8 Å². The van der Waals surface area contributed by atoms with Crippen molar-refractivity contribution in [3.63, 3.8) is 0 Å². The number of halogens is 1. The number of anilines is 4. The van der Waals surface area contributed by atoms with Gasteiger partial charge in [-0.1, -0.05) is 17.7 Å². The molecule has 8 rings (SSSR count). The highest BCUT2D eigenvalue weighted by molar-refractivity contribution is 6.33. The Morgan fingerprint density at radius 2 is 1.67 bits per heavy atom. The number of amides is 5. The highest BCUT2D eigenvalue weighted by Gasteiger charge is 2.46. The molecule has 4 aliphatic heterocycles. The van der Waals surface area contributed by atoms with Gasteiger partial charge in [-0.25, -0.2) is 4.98 Å². The van der Waals surface area contributed by atoms with Gasteiger partial charge in [-0.2, -0.15) is 4.98 Å². The Kier molecular flexibility index (Phi) is 12.5. The fourth-order valence-corrected chi connectivity index (χ4v) is 9.56. The molecular weight excluding hydrogens is 830 g/mol. The van der Waals surface area contributed by atoms with Crippen molar-refractivity contribution in [2.24, 2.45) is 5.73 Å². The first kappa shape index (κ1) is 43.7. The fourth-order valence-electron chi connectivity index (χ4n) is 9.42. The minimum Gasteiger partial charge on any atom is -0.480 e. The van der Waals surface area contributed by atoms with E-state index in [4.69, 9.17) is 31.8 Å². The molecule has 332 valence electrons. The van der Waals surface area contributed by atoms with Gasteiger partial charge in [-0.3, -0.25) is 43.9 Å². The molecule has 4 N–H and O–H groups in total. The van der Waals surface area contributed by atoms with Crippen molar-refractivity contribution in [3.05, 3.63) is 75.6 Å². The van der Waals surface area contributed by atoms with Gasteiger partial charge >= 0.3 is 0 Å². The number of rotatable bonds is 13. The maximum absolute atomic E-state index is 13.5. The number of nitrogens with two attached hydrogens (primary N) is 1. The van der Waals surface area contributed by atoms with Gasteiger partial charge in [0.1, 0.15) is 11.1 Å². The van der Waals surface area contributed by atoms with Crippen LogP contribution in [0, 0.1) is 6.92 Å². The number of hydrogen-bond donors (Lipinski definition) is 3. The summed E-state index contributed by atoms with van der Waals surface area (Å²) in [6.45, 7) is 10.3. The third-order valence-corrected chi connectivity index (χ3v) is 12.9. The largest absolute Gasteiger partial charge is 0.480 e. The van der Waals surface area contributed by atoms with Gasteiger partial charge in [0.15, 0.2) is 24.0 Å². The summed E-state index contributed by atoms with van der Waals surface area (Å²) in [6, 6.07) is 10.8. The lowest BCUT2D eigenvalue weighted by Crippen LogP contribution is -2.63. The number of allylic oxidation sites excluding steroid dienone is 1. The molecule has 1 unspecified atom stereocenters. The summed E-state index contributed by atoms with van der Waals surface area (Å²) < 4.78 is 12.0. The second kappa shape index (κ2) is 18.1. The van der Waals surface area contributed by atoms with E-state index in [1.54, 1.807) is 24.4 Å². The fraction of sp³-hybridized carbons (Fsp3) is 0.467. The van der Waals surface area contributed by atoms with Crippen molar-refractivity contribution in [1.29, 1.82) is 0 Å². The number of piperazine rings is 1. The smallest absolute Gasteiger partial charge is 0.262 e. The van der Waals surface area contributed by atoms with Crippen LogP contribution in [0.1, 0.15) is 91.1 Å². The number of aryl methyl sites for hydroxylation is 1. The number of Topliss-reactive ketones (excluding diaryl/α,β-unsaturated/α-hetero) is 1. The summed E-state index contributed by atoms with van der Waals surface area (Å²) in [5, 5.41) is 5.88. The number of piperidine rings is 2. The first-order valence-corrected chi connectivity index (χ1v) is 21.8. The van der Waals surface area contributed by atoms with E-state index in [-0.39, 0.29) is 59.8 Å². The summed E-state index contributed by atoms with van der Waals surface area (Å²) in [5.74, 6) is -2.00. The monoisotopic (exact) mass is 881 g/mol. The molecule has 2 aromatic carbocycles. The molecule has 3 aromatic rings. The van der Waals surface area contributed by atoms with Crippen molar-refractivity contribution >= 4 is 76.1 Å². The predicted octanol–water partition coefficient (Wildman–Crippen LogP) is 4.13. The molecule has 0 radical (unpaired) electrons. The first-order valence-electron chi connectivity index (χ1n) is 21.5. The average molecular weight is 882 g/mol. The van der Waals surface area contributed by atoms with Crippen LogP contribution < -0.4 is 26.2 Å². The van der Waals surface area contributed by atoms with E-state index in [1.807, 2.05) is 31.2 Å². The average Bonchev–Trinajstić information content (AvgIpc) is 3.47. The highest BCUT2D eigenvalue weighted by Crippen LogP contribution is 2.38. The number of nitrogens with zero attached hydrogens (tertiary/aromatic N) is 6. The van der Waals surface area contributed by atoms with Gasteiger partial charge in [0.2, 0.25) is 17.8 Å². The van der Waals surface area contributed by atoms with Crippen molar-refractivity contribution < 1.29 is 38.2 Å². The Labute approximate surface area is 370 Å². The molecule has 4 fully saturated rings. The molecule has 1 saturated carbocycles. The minimum absolute atomic E-state index is 0.0268. The van der Waals surface area contributed by atoms with Crippen LogP contribution >= 0.6 is 11.6 Å². The summed E-state index contributed by atoms with van der Waals surface area (Å²) in [4.78, 5) is 91.6. The van der Waals surface area contributed by atoms with Gasteiger partial charge in [0, 0.05) is 69.0 Å². The molecule has 3 saturated heterocycles. The molecule has 1 aliphatic carbocycles. The number of ether oxygens (including phenoxy) is 2. The van der Waals surface area contributed by atoms with Gasteiger partial charge in [-0.15, -0.1) is 0 Å². The number of hydrogen-bond acceptors (Lipinski definition) is 14. The Morgan fingerprint density at radius 1 is 0.952 bits per heavy atom. The summed E-state index contributed by atoms with van der Waals surface area (Å²) in [6.07, 6.45) is 7.28. The van der Waals surface area contributed by atoms with Gasteiger partial charge < -0.3 is 30.3 Å². The number of carbonyl (C=O) groups is 6. The van der Waals surface area contributed by atoms with E-state index in [1.165, 1.54) is 6.92 Å². The summed E-state index contributed by atoms with van der Waals surface area (Å²) >= 11 is 6.55. The predicted molar refractivity (Wildman–Crippen MR) is 235 cm³/mol. The molecule has 5 aliphatic rings. The lowest BCUT2D eigenvalue weighted by Gasteiger charge is -2.53. The van der Waals surface area contributed by atoms with E-state index in [0.717, 1.165) is 68.0 Å². The lowest BCUT2D eigenvalue weighted by atomic mass is 9.84. The van der Waals surface area contributed by atoms with Crippen LogP contribution in [0.5, 0.6) is 0 Å². The number of benzene rings is 2. The number of primary amides is 1. The number of carbonyl (C=O) groups excluding carboxylic acids is 6.